The second kappa shape index (κ2) is 7.74. The van der Waals surface area contributed by atoms with Crippen LogP contribution in [0.5, 0.6) is 0 Å². The number of halogens is 3. The topological polar surface area (TPSA) is 119 Å². The summed E-state index contributed by atoms with van der Waals surface area (Å²) in [4.78, 5) is 13.3. The SMILES string of the molecule is Cn1nnc(-c2cc(C(=O)NS(C)(=O)=O)ccc2Nc2cccc(C(F)(F)F)c2)n1. The van der Waals surface area contributed by atoms with Crippen molar-refractivity contribution in [3.63, 3.8) is 0 Å². The summed E-state index contributed by atoms with van der Waals surface area (Å²) >= 11 is 0. The van der Waals surface area contributed by atoms with Crippen molar-refractivity contribution in [2.24, 2.45) is 7.05 Å². The van der Waals surface area contributed by atoms with Crippen LogP contribution in [0.1, 0.15) is 15.9 Å². The first-order valence-electron chi connectivity index (χ1n) is 8.27. The normalized spacial score (nSPS) is 11.9. The number of aromatic nitrogens is 4. The molecule has 0 bridgehead atoms. The van der Waals surface area contributed by atoms with Gasteiger partial charge in [0.05, 0.1) is 18.9 Å². The van der Waals surface area contributed by atoms with E-state index >= 15 is 0 Å². The number of rotatable bonds is 5. The fraction of sp³-hybridized carbons (Fsp3) is 0.176. The van der Waals surface area contributed by atoms with E-state index in [4.69, 9.17) is 0 Å². The maximum Gasteiger partial charge on any atom is 0.416 e. The molecule has 2 aromatic carbocycles. The first kappa shape index (κ1) is 21.2. The number of alkyl halides is 3. The molecule has 0 saturated carbocycles. The Labute approximate surface area is 169 Å². The van der Waals surface area contributed by atoms with Gasteiger partial charge in [0, 0.05) is 22.5 Å². The molecule has 1 amide bonds. The molecule has 9 nitrogen and oxygen atoms in total. The van der Waals surface area contributed by atoms with Crippen molar-refractivity contribution in [1.29, 1.82) is 0 Å². The van der Waals surface area contributed by atoms with Gasteiger partial charge in [0.1, 0.15) is 0 Å². The minimum absolute atomic E-state index is 0.0162. The summed E-state index contributed by atoms with van der Waals surface area (Å²) in [5.74, 6) is -0.797. The molecule has 0 unspecified atom stereocenters. The molecule has 158 valence electrons. The third-order valence-electron chi connectivity index (χ3n) is 3.78. The first-order valence-corrected chi connectivity index (χ1v) is 10.2. The number of anilines is 2. The molecular weight excluding hydrogens is 425 g/mol. The lowest BCUT2D eigenvalue weighted by molar-refractivity contribution is -0.137. The fourth-order valence-corrected chi connectivity index (χ4v) is 2.98. The highest BCUT2D eigenvalue weighted by molar-refractivity contribution is 7.89. The first-order chi connectivity index (χ1) is 13.9. The number of nitrogens with one attached hydrogen (secondary N) is 2. The molecule has 0 radical (unpaired) electrons. The van der Waals surface area contributed by atoms with Gasteiger partial charge in [-0.3, -0.25) is 4.79 Å². The smallest absolute Gasteiger partial charge is 0.355 e. The van der Waals surface area contributed by atoms with Crippen LogP contribution in [0.3, 0.4) is 0 Å². The molecule has 0 aliphatic heterocycles. The van der Waals surface area contributed by atoms with E-state index in [1.165, 1.54) is 37.4 Å². The highest BCUT2D eigenvalue weighted by Crippen LogP contribution is 2.33. The third-order valence-corrected chi connectivity index (χ3v) is 4.33. The molecule has 1 heterocycles. The zero-order valence-electron chi connectivity index (χ0n) is 15.6. The summed E-state index contributed by atoms with van der Waals surface area (Å²) in [6, 6.07) is 8.59. The summed E-state index contributed by atoms with van der Waals surface area (Å²) < 4.78 is 63.4. The van der Waals surface area contributed by atoms with Gasteiger partial charge in [-0.2, -0.15) is 18.0 Å². The average molecular weight is 440 g/mol. The number of carbonyl (C=O) groups is 1. The van der Waals surface area contributed by atoms with E-state index in [0.29, 0.717) is 5.69 Å². The van der Waals surface area contributed by atoms with Gasteiger partial charge in [-0.05, 0) is 41.6 Å². The molecule has 0 atom stereocenters. The number of benzene rings is 2. The molecule has 1 aromatic heterocycles. The predicted octanol–water partition coefficient (Wildman–Crippen LogP) is 2.33. The third kappa shape index (κ3) is 5.11. The molecule has 13 heteroatoms. The lowest BCUT2D eigenvalue weighted by atomic mass is 10.1. The molecule has 0 spiro atoms. The summed E-state index contributed by atoms with van der Waals surface area (Å²) in [5.41, 5.74) is -0.184. The summed E-state index contributed by atoms with van der Waals surface area (Å²) in [7, 11) is -2.28. The molecule has 0 fully saturated rings. The number of hydrogen-bond acceptors (Lipinski definition) is 7. The Kier molecular flexibility index (Phi) is 5.48. The Balaban J connectivity index is 2.03. The van der Waals surface area contributed by atoms with Crippen molar-refractivity contribution in [3.8, 4) is 11.4 Å². The number of tetrazole rings is 1. The Morgan fingerprint density at radius 1 is 1.13 bits per heavy atom. The van der Waals surface area contributed by atoms with E-state index in [1.54, 1.807) is 0 Å². The van der Waals surface area contributed by atoms with Crippen LogP contribution in [0.4, 0.5) is 24.5 Å². The van der Waals surface area contributed by atoms with Crippen LogP contribution >= 0.6 is 0 Å². The van der Waals surface area contributed by atoms with Crippen molar-refractivity contribution in [1.82, 2.24) is 24.9 Å². The van der Waals surface area contributed by atoms with Gasteiger partial charge in [-0.1, -0.05) is 6.07 Å². The highest BCUT2D eigenvalue weighted by Gasteiger charge is 2.30. The quantitative estimate of drug-likeness (QED) is 0.625. The Morgan fingerprint density at radius 3 is 2.47 bits per heavy atom. The van der Waals surface area contributed by atoms with E-state index in [1.807, 2.05) is 4.72 Å². The van der Waals surface area contributed by atoms with Crippen molar-refractivity contribution in [2.75, 3.05) is 11.6 Å². The molecule has 30 heavy (non-hydrogen) atoms. The van der Waals surface area contributed by atoms with Gasteiger partial charge >= 0.3 is 6.18 Å². The maximum absolute atomic E-state index is 13.0. The van der Waals surface area contributed by atoms with Crippen LogP contribution in [0.25, 0.3) is 11.4 Å². The van der Waals surface area contributed by atoms with Crippen LogP contribution in [0.15, 0.2) is 42.5 Å². The van der Waals surface area contributed by atoms with Crippen LogP contribution in [-0.4, -0.2) is 40.8 Å². The second-order valence-corrected chi connectivity index (χ2v) is 8.02. The Hall–Kier alpha value is -3.48. The van der Waals surface area contributed by atoms with E-state index < -0.39 is 27.7 Å². The summed E-state index contributed by atoms with van der Waals surface area (Å²) in [6.45, 7) is 0. The van der Waals surface area contributed by atoms with Gasteiger partial charge in [0.15, 0.2) is 0 Å². The van der Waals surface area contributed by atoms with Gasteiger partial charge in [-0.25, -0.2) is 13.1 Å². The largest absolute Gasteiger partial charge is 0.416 e. The fourth-order valence-electron chi connectivity index (χ4n) is 2.53. The molecular formula is C17H15F3N6O3S. The van der Waals surface area contributed by atoms with Crippen LogP contribution in [-0.2, 0) is 23.2 Å². The monoisotopic (exact) mass is 440 g/mol. The summed E-state index contributed by atoms with van der Waals surface area (Å²) in [6.07, 6.45) is -3.68. The van der Waals surface area contributed by atoms with Gasteiger partial charge < -0.3 is 5.32 Å². The van der Waals surface area contributed by atoms with Crippen molar-refractivity contribution >= 4 is 27.3 Å². The zero-order valence-corrected chi connectivity index (χ0v) is 16.4. The molecule has 0 aliphatic rings. The lowest BCUT2D eigenvalue weighted by Gasteiger charge is -2.14. The van der Waals surface area contributed by atoms with Crippen molar-refractivity contribution < 1.29 is 26.4 Å². The minimum atomic E-state index is -4.51. The number of sulfonamides is 1. The zero-order chi connectivity index (χ0) is 22.1. The van der Waals surface area contributed by atoms with Gasteiger partial charge in [-0.15, -0.1) is 10.2 Å². The Bertz CT molecular complexity index is 1210. The van der Waals surface area contributed by atoms with Gasteiger partial charge in [0.25, 0.3) is 5.91 Å². The van der Waals surface area contributed by atoms with E-state index in [0.717, 1.165) is 23.2 Å². The predicted molar refractivity (Wildman–Crippen MR) is 101 cm³/mol. The number of amides is 1. The highest BCUT2D eigenvalue weighted by atomic mass is 32.2. The van der Waals surface area contributed by atoms with E-state index in [2.05, 4.69) is 20.7 Å². The van der Waals surface area contributed by atoms with Crippen LogP contribution < -0.4 is 10.0 Å². The van der Waals surface area contributed by atoms with E-state index in [-0.39, 0.29) is 22.6 Å². The van der Waals surface area contributed by atoms with Crippen LogP contribution in [0, 0.1) is 0 Å². The number of nitrogens with zero attached hydrogens (tertiary/aromatic N) is 4. The van der Waals surface area contributed by atoms with Crippen molar-refractivity contribution in [2.45, 2.75) is 6.18 Å². The van der Waals surface area contributed by atoms with Crippen molar-refractivity contribution in [3.05, 3.63) is 53.6 Å². The molecule has 2 N–H and O–H groups in total. The lowest BCUT2D eigenvalue weighted by Crippen LogP contribution is -2.29. The van der Waals surface area contributed by atoms with Crippen LogP contribution in [0.2, 0.25) is 0 Å². The molecule has 0 saturated heterocycles. The van der Waals surface area contributed by atoms with E-state index in [9.17, 15) is 26.4 Å². The average Bonchev–Trinajstić information content (AvgIpc) is 3.06. The molecule has 3 aromatic rings. The summed E-state index contributed by atoms with van der Waals surface area (Å²) in [5, 5.41) is 14.4. The number of carbonyl (C=O) groups excluding carboxylic acids is 1. The Morgan fingerprint density at radius 2 is 1.87 bits per heavy atom. The molecule has 3 rings (SSSR count). The van der Waals surface area contributed by atoms with Gasteiger partial charge in [0.2, 0.25) is 15.8 Å². The maximum atomic E-state index is 13.0. The standard InChI is InChI=1S/C17H15F3N6O3S/c1-26-23-15(22-25-26)13-8-10(16(27)24-30(2,28)29)6-7-14(13)21-12-5-3-4-11(9-12)17(18,19)20/h3-9,21H,1-2H3,(H,24,27). The number of hydrogen-bond donors (Lipinski definition) is 2. The number of aryl methyl sites for hydroxylation is 1. The second-order valence-electron chi connectivity index (χ2n) is 6.27. The minimum Gasteiger partial charge on any atom is -0.355 e. The molecule has 0 aliphatic carbocycles.